The van der Waals surface area contributed by atoms with Gasteiger partial charge in [0.1, 0.15) is 0 Å². The van der Waals surface area contributed by atoms with Crippen LogP contribution in [0.3, 0.4) is 0 Å². The van der Waals surface area contributed by atoms with E-state index in [-0.39, 0.29) is 12.1 Å². The third-order valence-corrected chi connectivity index (χ3v) is 4.66. The Bertz CT molecular complexity index is 200. The van der Waals surface area contributed by atoms with E-state index < -0.39 is 0 Å². The number of hydrogen-bond acceptors (Lipinski definition) is 4. The van der Waals surface area contributed by atoms with Gasteiger partial charge < -0.3 is 15.2 Å². The van der Waals surface area contributed by atoms with Crippen LogP contribution in [-0.4, -0.2) is 49.0 Å². The first-order chi connectivity index (χ1) is 8.29. The van der Waals surface area contributed by atoms with E-state index in [9.17, 15) is 5.11 Å². The summed E-state index contributed by atoms with van der Waals surface area (Å²) in [6.07, 6.45) is 4.77. The van der Waals surface area contributed by atoms with Crippen LogP contribution in [0.1, 0.15) is 32.6 Å². The van der Waals surface area contributed by atoms with Crippen molar-refractivity contribution in [3.63, 3.8) is 0 Å². The van der Waals surface area contributed by atoms with E-state index in [1.807, 2.05) is 11.8 Å². The Kier molecular flexibility index (Phi) is 7.51. The number of hydrogen-bond donors (Lipinski definition) is 2. The zero-order valence-corrected chi connectivity index (χ0v) is 12.0. The predicted molar refractivity (Wildman–Crippen MR) is 74.7 cm³/mol. The van der Waals surface area contributed by atoms with Crippen molar-refractivity contribution < 1.29 is 9.84 Å². The third-order valence-electron chi connectivity index (χ3n) is 3.36. The second-order valence-electron chi connectivity index (χ2n) is 4.91. The standard InChI is InChI=1S/C13H27NO2S/c1-3-7-14-13(10-15,12-5-6-12)11-17-9-4-8-16-2/h12,14-15H,3-11H2,1-2H3. The maximum atomic E-state index is 9.72. The van der Waals surface area contributed by atoms with E-state index in [1.54, 1.807) is 7.11 Å². The summed E-state index contributed by atoms with van der Waals surface area (Å²) >= 11 is 1.94. The van der Waals surface area contributed by atoms with Crippen LogP contribution in [0.15, 0.2) is 0 Å². The topological polar surface area (TPSA) is 41.5 Å². The second kappa shape index (κ2) is 8.35. The van der Waals surface area contributed by atoms with Crippen LogP contribution >= 0.6 is 11.8 Å². The van der Waals surface area contributed by atoms with Gasteiger partial charge in [0.25, 0.3) is 0 Å². The molecule has 1 fully saturated rings. The molecule has 0 aromatic carbocycles. The van der Waals surface area contributed by atoms with Crippen LogP contribution in [0.4, 0.5) is 0 Å². The van der Waals surface area contributed by atoms with Gasteiger partial charge in [-0.3, -0.25) is 0 Å². The maximum Gasteiger partial charge on any atom is 0.0624 e. The van der Waals surface area contributed by atoms with E-state index in [4.69, 9.17) is 4.74 Å². The first-order valence-electron chi connectivity index (χ1n) is 6.71. The Morgan fingerprint density at radius 1 is 1.47 bits per heavy atom. The highest BCUT2D eigenvalue weighted by atomic mass is 32.2. The molecule has 17 heavy (non-hydrogen) atoms. The molecule has 0 aromatic heterocycles. The van der Waals surface area contributed by atoms with Gasteiger partial charge in [-0.25, -0.2) is 0 Å². The molecule has 4 heteroatoms. The minimum absolute atomic E-state index is 0.0201. The zero-order chi connectivity index (χ0) is 12.6. The minimum atomic E-state index is -0.0201. The fraction of sp³-hybridized carbons (Fsp3) is 1.00. The molecule has 0 amide bonds. The lowest BCUT2D eigenvalue weighted by molar-refractivity contribution is 0.159. The lowest BCUT2D eigenvalue weighted by atomic mass is 9.96. The van der Waals surface area contributed by atoms with E-state index in [0.29, 0.717) is 5.92 Å². The highest BCUT2D eigenvalue weighted by Gasteiger charge is 2.44. The molecule has 1 saturated carbocycles. The van der Waals surface area contributed by atoms with Gasteiger partial charge in [0.05, 0.1) is 12.1 Å². The molecule has 2 N–H and O–H groups in total. The van der Waals surface area contributed by atoms with Gasteiger partial charge in [0.2, 0.25) is 0 Å². The molecule has 0 bridgehead atoms. The molecular formula is C13H27NO2S. The Balaban J connectivity index is 2.29. The maximum absolute atomic E-state index is 9.72. The van der Waals surface area contributed by atoms with E-state index >= 15 is 0 Å². The molecular weight excluding hydrogens is 234 g/mol. The quantitative estimate of drug-likeness (QED) is 0.557. The number of rotatable bonds is 11. The number of ether oxygens (including phenoxy) is 1. The molecule has 1 rings (SSSR count). The van der Waals surface area contributed by atoms with Crippen molar-refractivity contribution in [3.8, 4) is 0 Å². The van der Waals surface area contributed by atoms with Crippen molar-refractivity contribution in [3.05, 3.63) is 0 Å². The molecule has 0 aromatic rings. The second-order valence-corrected chi connectivity index (χ2v) is 6.02. The molecule has 1 aliphatic carbocycles. The molecule has 1 aliphatic rings. The normalized spacial score (nSPS) is 19.2. The third kappa shape index (κ3) is 5.16. The number of nitrogens with one attached hydrogen (secondary N) is 1. The van der Waals surface area contributed by atoms with Gasteiger partial charge >= 0.3 is 0 Å². The highest BCUT2D eigenvalue weighted by Crippen LogP contribution is 2.41. The molecule has 0 spiro atoms. The summed E-state index contributed by atoms with van der Waals surface area (Å²) in [5.41, 5.74) is -0.0201. The first kappa shape index (κ1) is 15.3. The number of aliphatic hydroxyl groups is 1. The first-order valence-corrected chi connectivity index (χ1v) is 7.87. The van der Waals surface area contributed by atoms with Crippen LogP contribution in [-0.2, 0) is 4.74 Å². The van der Waals surface area contributed by atoms with Crippen LogP contribution < -0.4 is 5.32 Å². The monoisotopic (exact) mass is 261 g/mol. The lowest BCUT2D eigenvalue weighted by Crippen LogP contribution is -2.53. The van der Waals surface area contributed by atoms with Crippen LogP contribution in [0.25, 0.3) is 0 Å². The molecule has 102 valence electrons. The van der Waals surface area contributed by atoms with Gasteiger partial charge in [-0.05, 0) is 43.9 Å². The number of aliphatic hydroxyl groups excluding tert-OH is 1. The highest BCUT2D eigenvalue weighted by molar-refractivity contribution is 7.99. The molecule has 0 saturated heterocycles. The molecule has 0 aliphatic heterocycles. The van der Waals surface area contributed by atoms with Gasteiger partial charge in [-0.1, -0.05) is 6.92 Å². The van der Waals surface area contributed by atoms with Crippen molar-refractivity contribution in [1.29, 1.82) is 0 Å². The van der Waals surface area contributed by atoms with E-state index in [2.05, 4.69) is 12.2 Å². The summed E-state index contributed by atoms with van der Waals surface area (Å²) < 4.78 is 5.05. The summed E-state index contributed by atoms with van der Waals surface area (Å²) in [5.74, 6) is 2.84. The molecule has 1 atom stereocenters. The Morgan fingerprint density at radius 3 is 2.76 bits per heavy atom. The van der Waals surface area contributed by atoms with Gasteiger partial charge in [-0.2, -0.15) is 11.8 Å². The summed E-state index contributed by atoms with van der Waals surface area (Å²) in [7, 11) is 1.75. The van der Waals surface area contributed by atoms with E-state index in [1.165, 1.54) is 12.8 Å². The van der Waals surface area contributed by atoms with Crippen LogP contribution in [0.2, 0.25) is 0 Å². The number of thioether (sulfide) groups is 1. The summed E-state index contributed by atoms with van der Waals surface area (Å²) in [6.45, 7) is 4.29. The molecule has 0 radical (unpaired) electrons. The van der Waals surface area contributed by atoms with Gasteiger partial charge in [0, 0.05) is 19.5 Å². The summed E-state index contributed by atoms with van der Waals surface area (Å²) in [4.78, 5) is 0. The van der Waals surface area contributed by atoms with Crippen LogP contribution in [0, 0.1) is 5.92 Å². The summed E-state index contributed by atoms with van der Waals surface area (Å²) in [5, 5.41) is 13.3. The van der Waals surface area contributed by atoms with Crippen LogP contribution in [0.5, 0.6) is 0 Å². The Labute approximate surface area is 110 Å². The largest absolute Gasteiger partial charge is 0.394 e. The predicted octanol–water partition coefficient (Wildman–Crippen LogP) is 1.90. The fourth-order valence-corrected chi connectivity index (χ4v) is 3.37. The fourth-order valence-electron chi connectivity index (χ4n) is 2.11. The van der Waals surface area contributed by atoms with Crippen molar-refractivity contribution >= 4 is 11.8 Å². The Hall–Kier alpha value is 0.230. The van der Waals surface area contributed by atoms with Gasteiger partial charge in [0.15, 0.2) is 0 Å². The summed E-state index contributed by atoms with van der Waals surface area (Å²) in [6, 6.07) is 0. The number of methoxy groups -OCH3 is 1. The smallest absolute Gasteiger partial charge is 0.0624 e. The minimum Gasteiger partial charge on any atom is -0.394 e. The average Bonchev–Trinajstić information content (AvgIpc) is 3.18. The zero-order valence-electron chi connectivity index (χ0n) is 11.2. The SMILES string of the molecule is CCCNC(CO)(CSCCCOC)C1CC1. The lowest BCUT2D eigenvalue weighted by Gasteiger charge is -2.33. The van der Waals surface area contributed by atoms with Crippen molar-refractivity contribution in [1.82, 2.24) is 5.32 Å². The Morgan fingerprint density at radius 2 is 2.24 bits per heavy atom. The van der Waals surface area contributed by atoms with E-state index in [0.717, 1.165) is 37.5 Å². The van der Waals surface area contributed by atoms with Gasteiger partial charge in [-0.15, -0.1) is 0 Å². The molecule has 1 unspecified atom stereocenters. The molecule has 0 heterocycles. The van der Waals surface area contributed by atoms with Crippen molar-refractivity contribution in [2.45, 2.75) is 38.1 Å². The van der Waals surface area contributed by atoms with Crippen molar-refractivity contribution in [2.24, 2.45) is 5.92 Å². The molecule has 3 nitrogen and oxygen atoms in total. The van der Waals surface area contributed by atoms with Crippen molar-refractivity contribution in [2.75, 3.05) is 38.4 Å². The average molecular weight is 261 g/mol.